The number of rotatable bonds is 3. The second kappa shape index (κ2) is 6.72. The number of aliphatic carboxylic acids is 1. The molecule has 0 spiro atoms. The van der Waals surface area contributed by atoms with Crippen molar-refractivity contribution in [2.75, 3.05) is 19.7 Å². The first-order valence-corrected chi connectivity index (χ1v) is 9.12. The molecule has 0 radical (unpaired) electrons. The minimum absolute atomic E-state index is 0.00326. The van der Waals surface area contributed by atoms with E-state index in [0.717, 1.165) is 29.3 Å². The summed E-state index contributed by atoms with van der Waals surface area (Å²) in [4.78, 5) is 26.3. The highest BCUT2D eigenvalue weighted by Gasteiger charge is 2.40. The van der Waals surface area contributed by atoms with Gasteiger partial charge in [0.1, 0.15) is 0 Å². The monoisotopic (exact) mass is 357 g/mol. The molecule has 0 aliphatic carbocycles. The summed E-state index contributed by atoms with van der Waals surface area (Å²) in [5.41, 5.74) is 2.45. The van der Waals surface area contributed by atoms with Crippen molar-refractivity contribution in [3.05, 3.63) is 29.5 Å². The molecule has 138 valence electrons. The third-order valence-electron chi connectivity index (χ3n) is 5.67. The zero-order valence-electron chi connectivity index (χ0n) is 14.8. The number of benzene rings is 1. The number of hydrogen-bond acceptors (Lipinski definition) is 4. The van der Waals surface area contributed by atoms with E-state index in [2.05, 4.69) is 10.2 Å². The van der Waals surface area contributed by atoms with Gasteiger partial charge in [0.2, 0.25) is 0 Å². The standard InChI is InChI=1S/C19H23N3O4/c1-11-8-13-10-20-21-16(13)15(9-11)18(23)22-5-2-12(3-6-22)17-14(19(24)25)4-7-26-17/h8-10,12,14,17H,2-7H2,1H3,(H,20,21)(H,24,25)/t14?,17-/m0/s1. The smallest absolute Gasteiger partial charge is 0.309 e. The first-order valence-electron chi connectivity index (χ1n) is 9.12. The van der Waals surface area contributed by atoms with Crippen LogP contribution in [-0.2, 0) is 9.53 Å². The summed E-state index contributed by atoms with van der Waals surface area (Å²) < 4.78 is 5.71. The molecule has 1 unspecified atom stereocenters. The van der Waals surface area contributed by atoms with Gasteiger partial charge in [-0.1, -0.05) is 0 Å². The van der Waals surface area contributed by atoms with Gasteiger partial charge in [0, 0.05) is 25.1 Å². The number of H-pyrrole nitrogens is 1. The molecule has 26 heavy (non-hydrogen) atoms. The minimum atomic E-state index is -0.771. The first-order chi connectivity index (χ1) is 12.5. The molecule has 1 aromatic heterocycles. The molecular weight excluding hydrogens is 334 g/mol. The van der Waals surface area contributed by atoms with E-state index >= 15 is 0 Å². The highest BCUT2D eigenvalue weighted by atomic mass is 16.5. The number of nitrogens with one attached hydrogen (secondary N) is 1. The maximum absolute atomic E-state index is 13.0. The Morgan fingerprint density at radius 3 is 2.77 bits per heavy atom. The molecule has 2 N–H and O–H groups in total. The molecule has 2 fully saturated rings. The molecule has 1 aromatic carbocycles. The number of hydrogen-bond donors (Lipinski definition) is 2. The SMILES string of the molecule is Cc1cc(C(=O)N2CCC([C@@H]3OCCC3C(=O)O)CC2)c2[nH]ncc2c1. The lowest BCUT2D eigenvalue weighted by Gasteiger charge is -2.35. The molecule has 2 atom stereocenters. The predicted molar refractivity (Wildman–Crippen MR) is 94.9 cm³/mol. The molecule has 7 nitrogen and oxygen atoms in total. The highest BCUT2D eigenvalue weighted by molar-refractivity contribution is 6.05. The van der Waals surface area contributed by atoms with Crippen molar-refractivity contribution in [2.24, 2.45) is 11.8 Å². The summed E-state index contributed by atoms with van der Waals surface area (Å²) in [5, 5.41) is 17.3. The van der Waals surface area contributed by atoms with Crippen molar-refractivity contribution in [3.63, 3.8) is 0 Å². The molecule has 1 amide bonds. The number of aryl methyl sites for hydroxylation is 1. The van der Waals surface area contributed by atoms with Crippen molar-refractivity contribution >= 4 is 22.8 Å². The molecule has 2 aromatic rings. The van der Waals surface area contributed by atoms with E-state index in [0.29, 0.717) is 31.7 Å². The zero-order valence-corrected chi connectivity index (χ0v) is 14.8. The van der Waals surface area contributed by atoms with Crippen LogP contribution in [0.1, 0.15) is 35.2 Å². The largest absolute Gasteiger partial charge is 0.481 e. The lowest BCUT2D eigenvalue weighted by molar-refractivity contribution is -0.145. The maximum atomic E-state index is 13.0. The summed E-state index contributed by atoms with van der Waals surface area (Å²) in [6.45, 7) is 3.74. The fraction of sp³-hybridized carbons (Fsp3) is 0.526. The summed E-state index contributed by atoms with van der Waals surface area (Å²) in [6.07, 6.45) is 3.65. The third kappa shape index (κ3) is 2.96. The van der Waals surface area contributed by atoms with E-state index in [9.17, 15) is 14.7 Å². The number of aromatic nitrogens is 2. The average Bonchev–Trinajstić information content (AvgIpc) is 3.29. The van der Waals surface area contributed by atoms with E-state index in [4.69, 9.17) is 4.74 Å². The second-order valence-corrected chi connectivity index (χ2v) is 7.35. The Kier molecular flexibility index (Phi) is 4.40. The summed E-state index contributed by atoms with van der Waals surface area (Å²) in [5.74, 6) is -0.980. The number of carbonyl (C=O) groups is 2. The number of fused-ring (bicyclic) bond motifs is 1. The number of ether oxygens (including phenoxy) is 1. The molecule has 3 heterocycles. The van der Waals surface area contributed by atoms with Gasteiger partial charge < -0.3 is 14.7 Å². The number of likely N-dealkylation sites (tertiary alicyclic amines) is 1. The number of nitrogens with zero attached hydrogens (tertiary/aromatic N) is 2. The lowest BCUT2D eigenvalue weighted by atomic mass is 9.84. The van der Waals surface area contributed by atoms with E-state index in [-0.39, 0.29) is 17.9 Å². The van der Waals surface area contributed by atoms with Gasteiger partial charge in [0.15, 0.2) is 0 Å². The van der Waals surface area contributed by atoms with Crippen molar-refractivity contribution in [1.82, 2.24) is 15.1 Å². The second-order valence-electron chi connectivity index (χ2n) is 7.35. The summed E-state index contributed by atoms with van der Waals surface area (Å²) >= 11 is 0. The summed E-state index contributed by atoms with van der Waals surface area (Å²) in [7, 11) is 0. The predicted octanol–water partition coefficient (Wildman–Crippen LogP) is 2.21. The van der Waals surface area contributed by atoms with Crippen LogP contribution in [0.15, 0.2) is 18.3 Å². The molecule has 2 aliphatic heterocycles. The van der Waals surface area contributed by atoms with E-state index in [1.165, 1.54) is 0 Å². The van der Waals surface area contributed by atoms with Gasteiger partial charge in [0.05, 0.1) is 29.3 Å². The maximum Gasteiger partial charge on any atom is 0.309 e. The molecule has 7 heteroatoms. The Balaban J connectivity index is 1.47. The number of aromatic amines is 1. The van der Waals surface area contributed by atoms with Crippen LogP contribution < -0.4 is 0 Å². The van der Waals surface area contributed by atoms with Gasteiger partial charge in [-0.25, -0.2) is 0 Å². The first kappa shape index (κ1) is 17.0. The van der Waals surface area contributed by atoms with Crippen molar-refractivity contribution in [2.45, 2.75) is 32.3 Å². The van der Waals surface area contributed by atoms with Crippen LogP contribution in [-0.4, -0.2) is 57.9 Å². The van der Waals surface area contributed by atoms with Gasteiger partial charge in [-0.3, -0.25) is 14.7 Å². The van der Waals surface area contributed by atoms with Crippen LogP contribution in [0, 0.1) is 18.8 Å². The highest BCUT2D eigenvalue weighted by Crippen LogP contribution is 2.34. The third-order valence-corrected chi connectivity index (χ3v) is 5.67. The number of carboxylic acids is 1. The summed E-state index contributed by atoms with van der Waals surface area (Å²) in [6, 6.07) is 3.90. The molecular formula is C19H23N3O4. The molecule has 0 bridgehead atoms. The molecule has 2 saturated heterocycles. The Morgan fingerprint density at radius 2 is 2.04 bits per heavy atom. The number of piperidine rings is 1. The molecule has 2 aliphatic rings. The number of carbonyl (C=O) groups excluding carboxylic acids is 1. The Morgan fingerprint density at radius 1 is 1.27 bits per heavy atom. The van der Waals surface area contributed by atoms with Crippen molar-refractivity contribution in [3.8, 4) is 0 Å². The van der Waals surface area contributed by atoms with Gasteiger partial charge in [0.25, 0.3) is 5.91 Å². The van der Waals surface area contributed by atoms with Crippen molar-refractivity contribution in [1.29, 1.82) is 0 Å². The van der Waals surface area contributed by atoms with Crippen LogP contribution in [0.4, 0.5) is 0 Å². The van der Waals surface area contributed by atoms with Crippen LogP contribution >= 0.6 is 0 Å². The minimum Gasteiger partial charge on any atom is -0.481 e. The van der Waals surface area contributed by atoms with Gasteiger partial charge in [-0.05, 0) is 49.8 Å². The quantitative estimate of drug-likeness (QED) is 0.878. The Hall–Kier alpha value is -2.41. The van der Waals surface area contributed by atoms with Crippen LogP contribution in [0.25, 0.3) is 10.9 Å². The van der Waals surface area contributed by atoms with E-state index < -0.39 is 11.9 Å². The van der Waals surface area contributed by atoms with Crippen LogP contribution in [0.3, 0.4) is 0 Å². The van der Waals surface area contributed by atoms with Crippen LogP contribution in [0.2, 0.25) is 0 Å². The zero-order chi connectivity index (χ0) is 18.3. The Bertz CT molecular complexity index is 838. The Labute approximate surface area is 151 Å². The number of carboxylic acid groups (broad SMARTS) is 1. The normalized spacial score (nSPS) is 24.3. The molecule has 4 rings (SSSR count). The van der Waals surface area contributed by atoms with Gasteiger partial charge >= 0.3 is 5.97 Å². The average molecular weight is 357 g/mol. The topological polar surface area (TPSA) is 95.5 Å². The lowest BCUT2D eigenvalue weighted by Crippen LogP contribution is -2.43. The van der Waals surface area contributed by atoms with Crippen molar-refractivity contribution < 1.29 is 19.4 Å². The van der Waals surface area contributed by atoms with Crippen LogP contribution in [0.5, 0.6) is 0 Å². The fourth-order valence-electron chi connectivity index (χ4n) is 4.32. The van der Waals surface area contributed by atoms with Gasteiger partial charge in [-0.2, -0.15) is 5.10 Å². The van der Waals surface area contributed by atoms with Gasteiger partial charge in [-0.15, -0.1) is 0 Å². The number of amides is 1. The van der Waals surface area contributed by atoms with E-state index in [1.807, 2.05) is 24.0 Å². The molecule has 0 saturated carbocycles. The van der Waals surface area contributed by atoms with E-state index in [1.54, 1.807) is 6.20 Å². The fourth-order valence-corrected chi connectivity index (χ4v) is 4.32.